The molecular formula is C13H22FNO3S. The predicted octanol–water partition coefficient (Wildman–Crippen LogP) is 2.48. The van der Waals surface area contributed by atoms with Crippen LogP contribution in [-0.4, -0.2) is 37.1 Å². The van der Waals surface area contributed by atoms with Crippen molar-refractivity contribution in [3.8, 4) is 0 Å². The van der Waals surface area contributed by atoms with E-state index in [0.717, 1.165) is 0 Å². The Balaban J connectivity index is 0.000000555. The lowest BCUT2D eigenvalue weighted by Gasteiger charge is -2.35. The van der Waals surface area contributed by atoms with E-state index < -0.39 is 10.5 Å². The van der Waals surface area contributed by atoms with Crippen LogP contribution in [0.2, 0.25) is 0 Å². The second-order valence-corrected chi connectivity index (χ2v) is 5.11. The van der Waals surface area contributed by atoms with Crippen LogP contribution in [-0.2, 0) is 17.0 Å². The summed E-state index contributed by atoms with van der Waals surface area (Å²) in [6.45, 7) is 11.7. The van der Waals surface area contributed by atoms with Gasteiger partial charge < -0.3 is 9.04 Å². The van der Waals surface area contributed by atoms with Gasteiger partial charge in [0, 0.05) is 5.56 Å². The van der Waals surface area contributed by atoms with Crippen molar-refractivity contribution in [3.63, 3.8) is 0 Å². The van der Waals surface area contributed by atoms with Crippen LogP contribution in [0.3, 0.4) is 0 Å². The Morgan fingerprint density at radius 3 is 1.74 bits per heavy atom. The largest absolute Gasteiger partial charge is 0.722 e. The molecule has 0 saturated carbocycles. The van der Waals surface area contributed by atoms with Gasteiger partial charge in [-0.25, -0.2) is 8.42 Å². The zero-order valence-corrected chi connectivity index (χ0v) is 12.5. The summed E-state index contributed by atoms with van der Waals surface area (Å²) in [5, 5.41) is 0. The van der Waals surface area contributed by atoms with Gasteiger partial charge in [0.25, 0.3) is 10.5 Å². The van der Waals surface area contributed by atoms with Crippen LogP contribution in [0.15, 0.2) is 30.3 Å². The molecule has 6 heteroatoms. The Labute approximate surface area is 115 Å². The Kier molecular flexibility index (Phi) is 7.82. The highest BCUT2D eigenvalue weighted by atomic mass is 32.3. The molecule has 4 nitrogen and oxygen atoms in total. The maximum Gasteiger partial charge on any atom is 0.255 e. The molecule has 0 radical (unpaired) electrons. The fourth-order valence-electron chi connectivity index (χ4n) is 1.98. The lowest BCUT2D eigenvalue weighted by Crippen LogP contribution is -2.46. The molecule has 1 aromatic rings. The van der Waals surface area contributed by atoms with Crippen LogP contribution in [0.5, 0.6) is 0 Å². The van der Waals surface area contributed by atoms with Gasteiger partial charge in [-0.05, 0) is 20.8 Å². The number of rotatable bonds is 5. The fourth-order valence-corrected chi connectivity index (χ4v) is 1.98. The summed E-state index contributed by atoms with van der Waals surface area (Å²) in [6, 6.07) is 10.8. The van der Waals surface area contributed by atoms with E-state index in [0.29, 0.717) is 0 Å². The zero-order chi connectivity index (χ0) is 14.9. The average molecular weight is 291 g/mol. The average Bonchev–Trinajstić information content (AvgIpc) is 2.35. The van der Waals surface area contributed by atoms with E-state index in [2.05, 4.69) is 51.1 Å². The van der Waals surface area contributed by atoms with Gasteiger partial charge in [0.15, 0.2) is 0 Å². The van der Waals surface area contributed by atoms with Gasteiger partial charge in [-0.15, -0.1) is 3.89 Å². The van der Waals surface area contributed by atoms with E-state index in [1.807, 2.05) is 0 Å². The summed E-state index contributed by atoms with van der Waals surface area (Å²) in [5.74, 6) is 0. The van der Waals surface area contributed by atoms with E-state index in [-0.39, 0.29) is 0 Å². The number of halogens is 1. The molecule has 0 aliphatic carbocycles. The predicted molar refractivity (Wildman–Crippen MR) is 72.8 cm³/mol. The zero-order valence-electron chi connectivity index (χ0n) is 11.7. The summed E-state index contributed by atoms with van der Waals surface area (Å²) in [7, 11) is -5.42. The molecule has 19 heavy (non-hydrogen) atoms. The first kappa shape index (κ1) is 18.0. The minimum atomic E-state index is -5.42. The van der Waals surface area contributed by atoms with Crippen LogP contribution in [0.1, 0.15) is 26.3 Å². The molecule has 0 atom stereocenters. The van der Waals surface area contributed by atoms with Crippen molar-refractivity contribution >= 4 is 10.5 Å². The summed E-state index contributed by atoms with van der Waals surface area (Å²) in [4.78, 5) is 0. The van der Waals surface area contributed by atoms with Gasteiger partial charge in [-0.3, -0.25) is 0 Å². The number of hydrogen-bond acceptors (Lipinski definition) is 3. The van der Waals surface area contributed by atoms with E-state index in [1.54, 1.807) is 0 Å². The smallest absolute Gasteiger partial charge is 0.255 e. The van der Waals surface area contributed by atoms with Crippen molar-refractivity contribution in [2.24, 2.45) is 0 Å². The maximum absolute atomic E-state index is 10.1. The Morgan fingerprint density at radius 1 is 1.05 bits per heavy atom. The van der Waals surface area contributed by atoms with E-state index in [4.69, 9.17) is 13.0 Å². The van der Waals surface area contributed by atoms with Gasteiger partial charge in [0.1, 0.15) is 6.54 Å². The highest BCUT2D eigenvalue weighted by molar-refractivity contribution is 7.80. The maximum atomic E-state index is 10.1. The quantitative estimate of drug-likeness (QED) is 0.476. The highest BCUT2D eigenvalue weighted by Crippen LogP contribution is 2.13. The van der Waals surface area contributed by atoms with Crippen LogP contribution in [0, 0.1) is 0 Å². The molecule has 0 aliphatic rings. The molecule has 0 N–H and O–H groups in total. The molecule has 0 bridgehead atoms. The fraction of sp³-hybridized carbons (Fsp3) is 0.538. The molecule has 0 aromatic heterocycles. The Hall–Kier alpha value is -0.980. The van der Waals surface area contributed by atoms with E-state index in [9.17, 15) is 3.89 Å². The molecule has 1 rings (SSSR count). The van der Waals surface area contributed by atoms with Gasteiger partial charge in [0.05, 0.1) is 19.6 Å². The monoisotopic (exact) mass is 291 g/mol. The van der Waals surface area contributed by atoms with Gasteiger partial charge in [-0.1, -0.05) is 30.3 Å². The number of hydrogen-bond donors (Lipinski definition) is 0. The summed E-state index contributed by atoms with van der Waals surface area (Å²) in [5.41, 5.74) is 1.46. The minimum Gasteiger partial charge on any atom is -0.722 e. The summed E-state index contributed by atoms with van der Waals surface area (Å²) >= 11 is 0. The summed E-state index contributed by atoms with van der Waals surface area (Å²) < 4.78 is 36.5. The van der Waals surface area contributed by atoms with Crippen molar-refractivity contribution in [1.29, 1.82) is 0 Å². The van der Waals surface area contributed by atoms with Crippen molar-refractivity contribution in [2.75, 3.05) is 19.6 Å². The Bertz CT molecular complexity index is 428. The second kappa shape index (κ2) is 8.24. The number of benzene rings is 1. The third-order valence-electron chi connectivity index (χ3n) is 3.37. The first-order valence-electron chi connectivity index (χ1n) is 6.30. The van der Waals surface area contributed by atoms with Gasteiger partial charge in [0.2, 0.25) is 0 Å². The Morgan fingerprint density at radius 2 is 1.42 bits per heavy atom. The van der Waals surface area contributed by atoms with Crippen molar-refractivity contribution in [3.05, 3.63) is 35.9 Å². The third kappa shape index (κ3) is 8.69. The molecule has 0 saturated heterocycles. The molecule has 0 spiro atoms. The second-order valence-electron chi connectivity index (χ2n) is 4.33. The van der Waals surface area contributed by atoms with Crippen molar-refractivity contribution < 1.29 is 21.3 Å². The lowest BCUT2D eigenvalue weighted by molar-refractivity contribution is -0.936. The standard InChI is InChI=1S/C13H22N.FHO3S/c1-4-14(5-2,6-3)12-13-10-8-7-9-11-13;1-5(2,3)4/h7-11H,4-6,12H2,1-3H3;(H,2,3,4)/q+1;/p-1. The van der Waals surface area contributed by atoms with Crippen LogP contribution in [0.4, 0.5) is 3.89 Å². The third-order valence-corrected chi connectivity index (χ3v) is 3.37. The molecule has 0 unspecified atom stereocenters. The first-order valence-corrected chi connectivity index (χ1v) is 7.61. The topological polar surface area (TPSA) is 57.2 Å². The number of quaternary nitrogens is 1. The number of nitrogens with zero attached hydrogens (tertiary/aromatic N) is 1. The lowest BCUT2D eigenvalue weighted by atomic mass is 10.2. The van der Waals surface area contributed by atoms with Gasteiger partial charge >= 0.3 is 0 Å². The molecule has 0 aliphatic heterocycles. The minimum absolute atomic E-state index is 1.17. The van der Waals surface area contributed by atoms with Crippen LogP contribution < -0.4 is 0 Å². The van der Waals surface area contributed by atoms with Crippen molar-refractivity contribution in [2.45, 2.75) is 27.3 Å². The van der Waals surface area contributed by atoms with Crippen LogP contribution in [0.25, 0.3) is 0 Å². The highest BCUT2D eigenvalue weighted by Gasteiger charge is 2.20. The SMILES string of the molecule is CC[N+](CC)(CC)Cc1ccccc1.O=S(=O)([O-])F. The van der Waals surface area contributed by atoms with E-state index in [1.165, 1.54) is 36.2 Å². The van der Waals surface area contributed by atoms with Gasteiger partial charge in [-0.2, -0.15) is 0 Å². The molecule has 0 fully saturated rings. The molecule has 0 amide bonds. The summed E-state index contributed by atoms with van der Waals surface area (Å²) in [6.07, 6.45) is 0. The molecule has 110 valence electrons. The molecule has 1 aromatic carbocycles. The van der Waals surface area contributed by atoms with E-state index >= 15 is 0 Å². The van der Waals surface area contributed by atoms with Crippen LogP contribution >= 0.6 is 0 Å². The molecular weight excluding hydrogens is 269 g/mol. The normalized spacial score (nSPS) is 11.6. The first-order chi connectivity index (χ1) is 8.76. The van der Waals surface area contributed by atoms with Crippen molar-refractivity contribution in [1.82, 2.24) is 0 Å². The molecule has 0 heterocycles.